The number of nitrogens with two attached hydrogens (primary N) is 1. The molecule has 1 heterocycles. The first-order chi connectivity index (χ1) is 8.52. The Bertz CT molecular complexity index is 611. The first kappa shape index (κ1) is 12.6. The molecule has 0 aliphatic heterocycles. The monoisotopic (exact) mass is 270 g/mol. The Labute approximate surface area is 108 Å². The molecule has 1 aromatic carbocycles. The Morgan fingerprint density at radius 1 is 1.61 bits per heavy atom. The van der Waals surface area contributed by atoms with Crippen molar-refractivity contribution in [3.05, 3.63) is 23.0 Å². The lowest BCUT2D eigenvalue weighted by Gasteiger charge is -2.06. The molecule has 2 aromatic rings. The molecule has 1 amide bonds. The molecule has 18 heavy (non-hydrogen) atoms. The Morgan fingerprint density at radius 3 is 3.00 bits per heavy atom. The highest BCUT2D eigenvalue weighted by atomic mass is 35.5. The van der Waals surface area contributed by atoms with Crippen LogP contribution in [0.1, 0.15) is 6.42 Å². The number of carbonyl (C=O) groups excluding carboxylic acids is 1. The molecule has 96 valence electrons. The highest BCUT2D eigenvalue weighted by Gasteiger charge is 2.12. The lowest BCUT2D eigenvalue weighted by molar-refractivity contribution is -0.120. The fourth-order valence-electron chi connectivity index (χ4n) is 1.71. The summed E-state index contributed by atoms with van der Waals surface area (Å²) in [6.07, 6.45) is 0.265. The molecular formula is C11H12ClFN4O. The first-order valence-electron chi connectivity index (χ1n) is 5.34. The molecule has 0 atom stereocenters. The molecule has 0 bridgehead atoms. The lowest BCUT2D eigenvalue weighted by Crippen LogP contribution is -2.19. The summed E-state index contributed by atoms with van der Waals surface area (Å²) in [4.78, 5) is 15.2. The lowest BCUT2D eigenvalue weighted by atomic mass is 10.3. The number of nitrogen functional groups attached to an aromatic ring is 1. The number of halogens is 2. The highest BCUT2D eigenvalue weighted by Crippen LogP contribution is 2.24. The van der Waals surface area contributed by atoms with Gasteiger partial charge in [0.15, 0.2) is 0 Å². The van der Waals surface area contributed by atoms with Gasteiger partial charge in [-0.25, -0.2) is 9.37 Å². The number of amides is 1. The number of carbonyl (C=O) groups is 1. The van der Waals surface area contributed by atoms with Crippen LogP contribution in [0.4, 0.5) is 10.3 Å². The van der Waals surface area contributed by atoms with Crippen LogP contribution in [-0.2, 0) is 11.3 Å². The van der Waals surface area contributed by atoms with Crippen molar-refractivity contribution in [2.45, 2.75) is 13.0 Å². The smallest absolute Gasteiger partial charge is 0.221 e. The van der Waals surface area contributed by atoms with Crippen molar-refractivity contribution in [2.75, 3.05) is 12.8 Å². The minimum Gasteiger partial charge on any atom is -0.369 e. The number of imidazole rings is 1. The normalized spacial score (nSPS) is 10.8. The van der Waals surface area contributed by atoms with Crippen molar-refractivity contribution < 1.29 is 9.18 Å². The van der Waals surface area contributed by atoms with E-state index in [2.05, 4.69) is 10.3 Å². The maximum absolute atomic E-state index is 13.3. The molecule has 0 aliphatic carbocycles. The zero-order valence-corrected chi connectivity index (χ0v) is 10.5. The number of anilines is 1. The van der Waals surface area contributed by atoms with Crippen molar-refractivity contribution in [3.63, 3.8) is 0 Å². The Morgan fingerprint density at radius 2 is 2.33 bits per heavy atom. The fourth-order valence-corrected chi connectivity index (χ4v) is 1.87. The Balaban J connectivity index is 2.40. The number of hydrogen-bond acceptors (Lipinski definition) is 3. The number of rotatable bonds is 3. The topological polar surface area (TPSA) is 72.9 Å². The summed E-state index contributed by atoms with van der Waals surface area (Å²) in [5.41, 5.74) is 6.77. The second-order valence-electron chi connectivity index (χ2n) is 3.80. The van der Waals surface area contributed by atoms with Crippen molar-refractivity contribution in [1.82, 2.24) is 14.9 Å². The molecular weight excluding hydrogens is 259 g/mol. The summed E-state index contributed by atoms with van der Waals surface area (Å²) in [5, 5.41) is 2.52. The quantitative estimate of drug-likeness (QED) is 0.889. The van der Waals surface area contributed by atoms with E-state index < -0.39 is 5.82 Å². The molecule has 7 heteroatoms. The molecule has 1 aromatic heterocycles. The summed E-state index contributed by atoms with van der Waals surface area (Å²) in [6.45, 7) is 0.365. The summed E-state index contributed by atoms with van der Waals surface area (Å²) in [6, 6.07) is 2.68. The van der Waals surface area contributed by atoms with E-state index in [0.29, 0.717) is 17.6 Å². The van der Waals surface area contributed by atoms with Crippen molar-refractivity contribution >= 4 is 34.5 Å². The molecule has 3 N–H and O–H groups in total. The standard InChI is InChI=1S/C11H12ClFN4O/c1-15-10(18)2-3-17-9-4-6(12)7(13)5-8(9)16-11(17)14/h4-5H,2-3H2,1H3,(H2,14,16)(H,15,18). The molecule has 0 radical (unpaired) electrons. The van der Waals surface area contributed by atoms with Crippen molar-refractivity contribution in [1.29, 1.82) is 0 Å². The van der Waals surface area contributed by atoms with Gasteiger partial charge in [-0.1, -0.05) is 11.6 Å². The van der Waals surface area contributed by atoms with E-state index >= 15 is 0 Å². The summed E-state index contributed by atoms with van der Waals surface area (Å²) in [5.74, 6) is -0.417. The third-order valence-corrected chi connectivity index (χ3v) is 2.95. The highest BCUT2D eigenvalue weighted by molar-refractivity contribution is 6.31. The first-order valence-corrected chi connectivity index (χ1v) is 5.72. The van der Waals surface area contributed by atoms with Crippen LogP contribution >= 0.6 is 11.6 Å². The van der Waals surface area contributed by atoms with Gasteiger partial charge < -0.3 is 15.6 Å². The van der Waals surface area contributed by atoms with Crippen LogP contribution in [0, 0.1) is 5.82 Å². The van der Waals surface area contributed by atoms with Crippen LogP contribution in [0.25, 0.3) is 11.0 Å². The number of nitrogens with one attached hydrogen (secondary N) is 1. The second kappa shape index (κ2) is 4.81. The molecule has 5 nitrogen and oxygen atoms in total. The predicted molar refractivity (Wildman–Crippen MR) is 67.8 cm³/mol. The minimum atomic E-state index is -0.542. The third-order valence-electron chi connectivity index (χ3n) is 2.66. The predicted octanol–water partition coefficient (Wildman–Crippen LogP) is 1.55. The van der Waals surface area contributed by atoms with Crippen LogP contribution in [0.15, 0.2) is 12.1 Å². The van der Waals surface area contributed by atoms with E-state index in [1.807, 2.05) is 0 Å². The number of nitrogens with zero attached hydrogens (tertiary/aromatic N) is 2. The average Bonchev–Trinajstić information content (AvgIpc) is 2.62. The van der Waals surface area contributed by atoms with Crippen LogP contribution in [0.3, 0.4) is 0 Å². The van der Waals surface area contributed by atoms with Gasteiger partial charge in [-0.2, -0.15) is 0 Å². The van der Waals surface area contributed by atoms with Gasteiger partial charge in [-0.05, 0) is 6.07 Å². The van der Waals surface area contributed by atoms with Crippen molar-refractivity contribution in [2.24, 2.45) is 0 Å². The van der Waals surface area contributed by atoms with Crippen molar-refractivity contribution in [3.8, 4) is 0 Å². The zero-order valence-electron chi connectivity index (χ0n) is 9.70. The van der Waals surface area contributed by atoms with E-state index in [4.69, 9.17) is 17.3 Å². The molecule has 0 saturated carbocycles. The molecule has 0 fully saturated rings. The molecule has 0 aliphatic rings. The minimum absolute atomic E-state index is 0.00333. The van der Waals surface area contributed by atoms with Gasteiger partial charge in [0.1, 0.15) is 5.82 Å². The van der Waals surface area contributed by atoms with Crippen LogP contribution in [0.5, 0.6) is 0 Å². The van der Waals surface area contributed by atoms with Crippen LogP contribution in [0.2, 0.25) is 5.02 Å². The van der Waals surface area contributed by atoms with Gasteiger partial charge in [0, 0.05) is 26.1 Å². The van der Waals surface area contributed by atoms with E-state index in [9.17, 15) is 9.18 Å². The maximum Gasteiger partial charge on any atom is 0.221 e. The SMILES string of the molecule is CNC(=O)CCn1c(N)nc2cc(F)c(Cl)cc21. The van der Waals surface area contributed by atoms with E-state index in [1.54, 1.807) is 11.6 Å². The van der Waals surface area contributed by atoms with Gasteiger partial charge in [-0.15, -0.1) is 0 Å². The van der Waals surface area contributed by atoms with Gasteiger partial charge >= 0.3 is 0 Å². The van der Waals surface area contributed by atoms with Gasteiger partial charge in [-0.3, -0.25) is 4.79 Å². The Kier molecular flexibility index (Phi) is 3.38. The van der Waals surface area contributed by atoms with Gasteiger partial charge in [0.2, 0.25) is 11.9 Å². The van der Waals surface area contributed by atoms with Gasteiger partial charge in [0.25, 0.3) is 0 Å². The van der Waals surface area contributed by atoms with E-state index in [0.717, 1.165) is 0 Å². The number of hydrogen-bond donors (Lipinski definition) is 2. The largest absolute Gasteiger partial charge is 0.369 e. The average molecular weight is 271 g/mol. The van der Waals surface area contributed by atoms with Crippen LogP contribution < -0.4 is 11.1 Å². The summed E-state index contributed by atoms with van der Waals surface area (Å²) in [7, 11) is 1.56. The van der Waals surface area contributed by atoms with Crippen LogP contribution in [-0.4, -0.2) is 22.5 Å². The van der Waals surface area contributed by atoms with E-state index in [1.165, 1.54) is 12.1 Å². The zero-order chi connectivity index (χ0) is 13.3. The van der Waals surface area contributed by atoms with Gasteiger partial charge in [0.05, 0.1) is 16.1 Å². The number of benzene rings is 1. The number of aryl methyl sites for hydroxylation is 1. The summed E-state index contributed by atoms with van der Waals surface area (Å²) < 4.78 is 14.9. The number of fused-ring (bicyclic) bond motifs is 1. The van der Waals surface area contributed by atoms with E-state index in [-0.39, 0.29) is 23.3 Å². The molecule has 2 rings (SSSR count). The maximum atomic E-state index is 13.3. The third kappa shape index (κ3) is 2.24. The number of aromatic nitrogens is 2. The Hall–Kier alpha value is -1.82. The molecule has 0 spiro atoms. The fraction of sp³-hybridized carbons (Fsp3) is 0.273. The molecule has 0 saturated heterocycles. The second-order valence-corrected chi connectivity index (χ2v) is 4.21. The molecule has 0 unspecified atom stereocenters. The summed E-state index contributed by atoms with van der Waals surface area (Å²) >= 11 is 5.72.